The van der Waals surface area contributed by atoms with Gasteiger partial charge in [0.2, 0.25) is 10.0 Å². The summed E-state index contributed by atoms with van der Waals surface area (Å²) in [5.74, 6) is -1.60. The number of carboxylic acids is 1. The van der Waals surface area contributed by atoms with Gasteiger partial charge in [-0.2, -0.15) is 0 Å². The van der Waals surface area contributed by atoms with E-state index in [1.54, 1.807) is 0 Å². The van der Waals surface area contributed by atoms with Gasteiger partial charge in [-0.1, -0.05) is 0 Å². The van der Waals surface area contributed by atoms with Gasteiger partial charge in [0.1, 0.15) is 6.04 Å². The Hall–Kier alpha value is -1.45. The lowest BCUT2D eigenvalue weighted by Gasteiger charge is -2.22. The fourth-order valence-corrected chi connectivity index (χ4v) is 3.22. The van der Waals surface area contributed by atoms with Crippen LogP contribution in [0, 0.1) is 0 Å². The molecule has 1 unspecified atom stereocenters. The number of likely N-dealkylation sites (tertiary alicyclic amines) is 1. The van der Waals surface area contributed by atoms with Gasteiger partial charge in [-0.3, -0.25) is 4.79 Å². The number of sulfonamides is 1. The van der Waals surface area contributed by atoms with Gasteiger partial charge in [-0.25, -0.2) is 18.4 Å². The number of carbonyl (C=O) groups excluding carboxylic acids is 1. The van der Waals surface area contributed by atoms with Gasteiger partial charge in [-0.15, -0.1) is 0 Å². The van der Waals surface area contributed by atoms with E-state index < -0.39 is 27.9 Å². The summed E-state index contributed by atoms with van der Waals surface area (Å²) in [5.41, 5.74) is 0.0784. The van der Waals surface area contributed by atoms with Crippen molar-refractivity contribution >= 4 is 37.8 Å². The number of carboxylic acid groups (broad SMARTS) is 1. The number of rotatable bonds is 3. The zero-order valence-electron chi connectivity index (χ0n) is 10.8. The number of primary sulfonamides is 1. The first kappa shape index (κ1) is 15.9. The fraction of sp³-hybridized carbons (Fsp3) is 0.333. The second kappa shape index (κ2) is 5.74. The van der Waals surface area contributed by atoms with Crippen molar-refractivity contribution in [2.75, 3.05) is 6.54 Å². The van der Waals surface area contributed by atoms with E-state index >= 15 is 0 Å². The van der Waals surface area contributed by atoms with Gasteiger partial charge in [0.25, 0.3) is 5.91 Å². The molecule has 0 spiro atoms. The SMILES string of the molecule is NS(=O)(=O)c1ccc(Br)c(C(=O)N2CCCC2C(=O)O)c1. The number of aliphatic carboxylic acids is 1. The topological polar surface area (TPSA) is 118 Å². The predicted molar refractivity (Wildman–Crippen MR) is 77.2 cm³/mol. The van der Waals surface area contributed by atoms with E-state index in [0.717, 1.165) is 6.07 Å². The molecule has 1 aromatic rings. The number of hydrogen-bond acceptors (Lipinski definition) is 4. The third-order valence-electron chi connectivity index (χ3n) is 3.30. The van der Waals surface area contributed by atoms with Crippen LogP contribution < -0.4 is 5.14 Å². The van der Waals surface area contributed by atoms with Crippen LogP contribution in [0.4, 0.5) is 0 Å². The maximum atomic E-state index is 12.5. The highest BCUT2D eigenvalue weighted by Gasteiger charge is 2.35. The van der Waals surface area contributed by atoms with Crippen LogP contribution in [-0.4, -0.2) is 42.9 Å². The molecule has 2 rings (SSSR count). The highest BCUT2D eigenvalue weighted by molar-refractivity contribution is 9.10. The molecular weight excluding hydrogens is 364 g/mol. The van der Waals surface area contributed by atoms with Crippen LogP contribution in [-0.2, 0) is 14.8 Å². The Balaban J connectivity index is 2.41. The van der Waals surface area contributed by atoms with E-state index in [9.17, 15) is 18.0 Å². The molecule has 0 radical (unpaired) electrons. The van der Waals surface area contributed by atoms with E-state index in [1.165, 1.54) is 17.0 Å². The minimum Gasteiger partial charge on any atom is -0.480 e. The number of amides is 1. The Morgan fingerprint density at radius 2 is 2.05 bits per heavy atom. The minimum atomic E-state index is -3.94. The molecule has 114 valence electrons. The maximum absolute atomic E-state index is 12.5. The summed E-state index contributed by atoms with van der Waals surface area (Å²) in [4.78, 5) is 24.6. The quantitative estimate of drug-likeness (QED) is 0.808. The summed E-state index contributed by atoms with van der Waals surface area (Å²) in [7, 11) is -3.94. The van der Waals surface area contributed by atoms with E-state index in [0.29, 0.717) is 23.9 Å². The molecule has 21 heavy (non-hydrogen) atoms. The van der Waals surface area contributed by atoms with Gasteiger partial charge in [0.15, 0.2) is 0 Å². The van der Waals surface area contributed by atoms with Gasteiger partial charge in [-0.05, 0) is 47.0 Å². The molecule has 1 amide bonds. The number of carbonyl (C=O) groups is 2. The minimum absolute atomic E-state index is 0.0784. The number of nitrogens with two attached hydrogens (primary N) is 1. The Morgan fingerprint density at radius 3 is 2.62 bits per heavy atom. The first-order chi connectivity index (χ1) is 9.71. The lowest BCUT2D eigenvalue weighted by Crippen LogP contribution is -2.40. The fourth-order valence-electron chi connectivity index (χ4n) is 2.27. The predicted octanol–water partition coefficient (Wildman–Crippen LogP) is 0.786. The van der Waals surface area contributed by atoms with E-state index in [4.69, 9.17) is 10.2 Å². The molecule has 3 N–H and O–H groups in total. The highest BCUT2D eigenvalue weighted by atomic mass is 79.9. The zero-order valence-corrected chi connectivity index (χ0v) is 13.2. The molecule has 1 aromatic carbocycles. The van der Waals surface area contributed by atoms with Crippen LogP contribution in [0.1, 0.15) is 23.2 Å². The summed E-state index contributed by atoms with van der Waals surface area (Å²) in [6.45, 7) is 0.321. The summed E-state index contributed by atoms with van der Waals surface area (Å²) in [6.07, 6.45) is 0.975. The van der Waals surface area contributed by atoms with Crippen LogP contribution >= 0.6 is 15.9 Å². The van der Waals surface area contributed by atoms with Crippen LogP contribution in [0.5, 0.6) is 0 Å². The maximum Gasteiger partial charge on any atom is 0.326 e. The molecule has 0 aliphatic carbocycles. The van der Waals surface area contributed by atoms with Crippen molar-refractivity contribution < 1.29 is 23.1 Å². The van der Waals surface area contributed by atoms with E-state index in [1.807, 2.05) is 0 Å². The molecule has 9 heteroatoms. The molecule has 1 heterocycles. The van der Waals surface area contributed by atoms with Gasteiger partial charge in [0.05, 0.1) is 10.5 Å². The van der Waals surface area contributed by atoms with Gasteiger partial charge in [0, 0.05) is 11.0 Å². The summed E-state index contributed by atoms with van der Waals surface area (Å²) in [6, 6.07) is 2.94. The van der Waals surface area contributed by atoms with Crippen LogP contribution in [0.3, 0.4) is 0 Å². The third-order valence-corrected chi connectivity index (χ3v) is 4.90. The Kier molecular flexibility index (Phi) is 4.35. The molecule has 0 aromatic heterocycles. The average Bonchev–Trinajstić information content (AvgIpc) is 2.86. The molecule has 0 saturated carbocycles. The second-order valence-electron chi connectivity index (χ2n) is 4.68. The van der Waals surface area contributed by atoms with Gasteiger partial charge >= 0.3 is 5.97 Å². The second-order valence-corrected chi connectivity index (χ2v) is 7.10. The van der Waals surface area contributed by atoms with Crippen LogP contribution in [0.25, 0.3) is 0 Å². The Bertz CT molecular complexity index is 704. The number of hydrogen-bond donors (Lipinski definition) is 2. The standard InChI is InChI=1S/C12H13BrN2O5S/c13-9-4-3-7(21(14,19)20)6-8(9)11(16)15-5-1-2-10(15)12(17)18/h3-4,6,10H,1-2,5H2,(H,17,18)(H2,14,19,20). The van der Waals surface area contributed by atoms with Crippen molar-refractivity contribution in [3.05, 3.63) is 28.2 Å². The van der Waals surface area contributed by atoms with E-state index in [-0.39, 0.29) is 10.5 Å². The normalized spacial score (nSPS) is 18.8. The lowest BCUT2D eigenvalue weighted by molar-refractivity contribution is -0.141. The summed E-state index contributed by atoms with van der Waals surface area (Å²) >= 11 is 3.17. The highest BCUT2D eigenvalue weighted by Crippen LogP contribution is 2.26. The van der Waals surface area contributed by atoms with E-state index in [2.05, 4.69) is 15.9 Å². The smallest absolute Gasteiger partial charge is 0.326 e. The Labute approximate surface area is 129 Å². The molecule has 1 aliphatic rings. The van der Waals surface area contributed by atoms with Crippen molar-refractivity contribution in [2.24, 2.45) is 5.14 Å². The zero-order chi connectivity index (χ0) is 15.8. The van der Waals surface area contributed by atoms with Crippen LogP contribution in [0.2, 0.25) is 0 Å². The van der Waals surface area contributed by atoms with Crippen molar-refractivity contribution in [1.29, 1.82) is 0 Å². The monoisotopic (exact) mass is 376 g/mol. The first-order valence-electron chi connectivity index (χ1n) is 6.08. The first-order valence-corrected chi connectivity index (χ1v) is 8.42. The molecule has 1 aliphatic heterocycles. The van der Waals surface area contributed by atoms with Crippen molar-refractivity contribution in [1.82, 2.24) is 4.90 Å². The molecular formula is C12H13BrN2O5S. The third kappa shape index (κ3) is 3.25. The molecule has 1 atom stereocenters. The molecule has 1 saturated heterocycles. The van der Waals surface area contributed by atoms with Crippen molar-refractivity contribution in [3.8, 4) is 0 Å². The molecule has 1 fully saturated rings. The number of halogens is 1. The van der Waals surface area contributed by atoms with Crippen molar-refractivity contribution in [2.45, 2.75) is 23.8 Å². The van der Waals surface area contributed by atoms with Gasteiger partial charge < -0.3 is 10.0 Å². The average molecular weight is 377 g/mol. The Morgan fingerprint density at radius 1 is 1.38 bits per heavy atom. The van der Waals surface area contributed by atoms with Crippen molar-refractivity contribution in [3.63, 3.8) is 0 Å². The van der Waals surface area contributed by atoms with Crippen LogP contribution in [0.15, 0.2) is 27.6 Å². The summed E-state index contributed by atoms with van der Waals surface area (Å²) in [5, 5.41) is 14.2. The molecule has 0 bridgehead atoms. The number of benzene rings is 1. The molecule has 7 nitrogen and oxygen atoms in total. The largest absolute Gasteiger partial charge is 0.480 e. The summed E-state index contributed by atoms with van der Waals surface area (Å²) < 4.78 is 23.1. The number of nitrogens with zero attached hydrogens (tertiary/aromatic N) is 1. The lowest BCUT2D eigenvalue weighted by atomic mass is 10.1.